The molecule has 0 aliphatic heterocycles. The SMILES string of the molecule is CC(=O)CCc1c(C)c2cc(C(C)=O)c3cccc1n32. The maximum Gasteiger partial charge on any atom is 0.161 e. The van der Waals surface area contributed by atoms with Crippen LogP contribution in [0.25, 0.3) is 16.6 Å². The van der Waals surface area contributed by atoms with Gasteiger partial charge in [-0.25, -0.2) is 0 Å². The Hall–Kier alpha value is -2.16. The zero-order valence-electron chi connectivity index (χ0n) is 12.0. The van der Waals surface area contributed by atoms with Gasteiger partial charge in [0.25, 0.3) is 0 Å². The molecule has 0 spiro atoms. The maximum atomic E-state index is 11.7. The Bertz CT molecular complexity index is 826. The van der Waals surface area contributed by atoms with E-state index in [1.807, 2.05) is 18.2 Å². The lowest BCUT2D eigenvalue weighted by Crippen LogP contribution is -1.96. The average Bonchev–Trinajstić information content (AvgIpc) is 2.89. The number of Topliss-reactive ketones (excluding diaryl/α,β-unsaturated/α-hetero) is 2. The summed E-state index contributed by atoms with van der Waals surface area (Å²) in [6, 6.07) is 7.99. The van der Waals surface area contributed by atoms with Gasteiger partial charge < -0.3 is 9.20 Å². The van der Waals surface area contributed by atoms with Gasteiger partial charge in [0.2, 0.25) is 0 Å². The molecule has 0 aliphatic carbocycles. The number of rotatable bonds is 4. The quantitative estimate of drug-likeness (QED) is 0.678. The van der Waals surface area contributed by atoms with Gasteiger partial charge in [-0.15, -0.1) is 0 Å². The molecular formula is C17H17NO2. The normalized spacial score (nSPS) is 11.6. The number of aryl methyl sites for hydroxylation is 2. The number of hydrogen-bond donors (Lipinski definition) is 0. The van der Waals surface area contributed by atoms with Crippen molar-refractivity contribution in [2.45, 2.75) is 33.6 Å². The summed E-state index contributed by atoms with van der Waals surface area (Å²) in [5.74, 6) is 0.296. The van der Waals surface area contributed by atoms with Crippen LogP contribution in [0.15, 0.2) is 24.3 Å². The predicted molar refractivity (Wildman–Crippen MR) is 79.8 cm³/mol. The molecule has 0 N–H and O–H groups in total. The minimum Gasteiger partial charge on any atom is -0.309 e. The van der Waals surface area contributed by atoms with Crippen LogP contribution in [0, 0.1) is 6.92 Å². The van der Waals surface area contributed by atoms with Gasteiger partial charge in [-0.1, -0.05) is 6.07 Å². The van der Waals surface area contributed by atoms with Crippen LogP contribution >= 0.6 is 0 Å². The topological polar surface area (TPSA) is 38.5 Å². The van der Waals surface area contributed by atoms with E-state index in [1.165, 1.54) is 11.1 Å². The fourth-order valence-electron chi connectivity index (χ4n) is 3.01. The molecule has 0 unspecified atom stereocenters. The molecule has 0 saturated carbocycles. The van der Waals surface area contributed by atoms with Gasteiger partial charge in [-0.05, 0) is 56.5 Å². The zero-order valence-corrected chi connectivity index (χ0v) is 12.0. The molecule has 0 amide bonds. The summed E-state index contributed by atoms with van der Waals surface area (Å²) in [7, 11) is 0. The fourth-order valence-corrected chi connectivity index (χ4v) is 3.01. The van der Waals surface area contributed by atoms with E-state index in [0.29, 0.717) is 6.42 Å². The minimum atomic E-state index is 0.0888. The van der Waals surface area contributed by atoms with Gasteiger partial charge in [0, 0.05) is 17.5 Å². The molecule has 3 heterocycles. The van der Waals surface area contributed by atoms with E-state index in [9.17, 15) is 9.59 Å². The summed E-state index contributed by atoms with van der Waals surface area (Å²) >= 11 is 0. The molecule has 3 nitrogen and oxygen atoms in total. The highest BCUT2D eigenvalue weighted by molar-refractivity contribution is 6.05. The third-order valence-electron chi connectivity index (χ3n) is 4.04. The number of hydrogen-bond acceptors (Lipinski definition) is 2. The van der Waals surface area contributed by atoms with Gasteiger partial charge in [0.05, 0.1) is 11.0 Å². The third-order valence-corrected chi connectivity index (χ3v) is 4.04. The van der Waals surface area contributed by atoms with E-state index < -0.39 is 0 Å². The molecular weight excluding hydrogens is 250 g/mol. The number of ketones is 2. The van der Waals surface area contributed by atoms with Crippen molar-refractivity contribution in [3.8, 4) is 0 Å². The van der Waals surface area contributed by atoms with Crippen molar-refractivity contribution in [3.05, 3.63) is 41.0 Å². The van der Waals surface area contributed by atoms with Gasteiger partial charge in [0.1, 0.15) is 5.78 Å². The fraction of sp³-hybridized carbons (Fsp3) is 0.294. The highest BCUT2D eigenvalue weighted by atomic mass is 16.1. The number of nitrogens with zero attached hydrogens (tertiary/aromatic N) is 1. The van der Waals surface area contributed by atoms with E-state index in [0.717, 1.165) is 28.5 Å². The van der Waals surface area contributed by atoms with Gasteiger partial charge >= 0.3 is 0 Å². The molecule has 3 rings (SSSR count). The molecule has 0 fully saturated rings. The lowest BCUT2D eigenvalue weighted by Gasteiger charge is -2.02. The lowest BCUT2D eigenvalue weighted by molar-refractivity contribution is -0.116. The second kappa shape index (κ2) is 4.44. The molecule has 102 valence electrons. The summed E-state index contributed by atoms with van der Waals surface area (Å²) in [5, 5.41) is 0. The molecule has 20 heavy (non-hydrogen) atoms. The van der Waals surface area contributed by atoms with Crippen LogP contribution < -0.4 is 0 Å². The standard InChI is InChI=1S/C17H17NO2/c1-10(19)7-8-13-11(2)17-9-14(12(3)20)16-6-4-5-15(13)18(16)17/h4-6,9H,7-8H2,1-3H3. The van der Waals surface area contributed by atoms with E-state index in [-0.39, 0.29) is 11.6 Å². The molecule has 3 aromatic rings. The summed E-state index contributed by atoms with van der Waals surface area (Å²) in [6.07, 6.45) is 1.32. The van der Waals surface area contributed by atoms with Crippen LogP contribution in [-0.4, -0.2) is 16.0 Å². The summed E-state index contributed by atoms with van der Waals surface area (Å²) in [5.41, 5.74) is 6.32. The molecule has 3 aromatic heterocycles. The monoisotopic (exact) mass is 267 g/mol. The second-order valence-electron chi connectivity index (χ2n) is 5.44. The van der Waals surface area contributed by atoms with Crippen LogP contribution in [0.2, 0.25) is 0 Å². The Morgan fingerprint density at radius 2 is 1.80 bits per heavy atom. The number of carbonyl (C=O) groups excluding carboxylic acids is 2. The Labute approximate surface area is 117 Å². The second-order valence-corrected chi connectivity index (χ2v) is 5.44. The smallest absolute Gasteiger partial charge is 0.161 e. The summed E-state index contributed by atoms with van der Waals surface area (Å²) in [4.78, 5) is 23.0. The van der Waals surface area contributed by atoms with E-state index in [4.69, 9.17) is 0 Å². The summed E-state index contributed by atoms with van der Waals surface area (Å²) < 4.78 is 2.14. The van der Waals surface area contributed by atoms with Crippen LogP contribution in [0.5, 0.6) is 0 Å². The van der Waals surface area contributed by atoms with Gasteiger partial charge in [0.15, 0.2) is 5.78 Å². The van der Waals surface area contributed by atoms with Gasteiger partial charge in [-0.2, -0.15) is 0 Å². The Kier molecular flexibility index (Phi) is 2.85. The van der Waals surface area contributed by atoms with Crippen LogP contribution in [-0.2, 0) is 11.2 Å². The zero-order chi connectivity index (χ0) is 14.4. The number of carbonyl (C=O) groups is 2. The first-order valence-electron chi connectivity index (χ1n) is 6.86. The maximum absolute atomic E-state index is 11.7. The van der Waals surface area contributed by atoms with E-state index in [2.05, 4.69) is 17.4 Å². The van der Waals surface area contributed by atoms with Crippen LogP contribution in [0.3, 0.4) is 0 Å². The first-order valence-corrected chi connectivity index (χ1v) is 6.86. The van der Waals surface area contributed by atoms with E-state index >= 15 is 0 Å². The van der Waals surface area contributed by atoms with Crippen molar-refractivity contribution in [1.29, 1.82) is 0 Å². The molecule has 0 atom stereocenters. The molecule has 0 aromatic carbocycles. The molecule has 3 heteroatoms. The van der Waals surface area contributed by atoms with Crippen LogP contribution in [0.1, 0.15) is 41.8 Å². The number of aromatic nitrogens is 1. The first-order chi connectivity index (χ1) is 9.50. The highest BCUT2D eigenvalue weighted by Gasteiger charge is 2.18. The third kappa shape index (κ3) is 1.73. The highest BCUT2D eigenvalue weighted by Crippen LogP contribution is 2.32. The Morgan fingerprint density at radius 1 is 1.10 bits per heavy atom. The largest absolute Gasteiger partial charge is 0.309 e. The number of pyridine rings is 1. The van der Waals surface area contributed by atoms with Crippen molar-refractivity contribution < 1.29 is 9.59 Å². The van der Waals surface area contributed by atoms with Crippen molar-refractivity contribution in [2.24, 2.45) is 0 Å². The van der Waals surface area contributed by atoms with E-state index in [1.54, 1.807) is 13.8 Å². The first kappa shape index (κ1) is 12.9. The minimum absolute atomic E-state index is 0.0888. The average molecular weight is 267 g/mol. The van der Waals surface area contributed by atoms with Crippen molar-refractivity contribution in [3.63, 3.8) is 0 Å². The predicted octanol–water partition coefficient (Wildman–Crippen LogP) is 3.56. The van der Waals surface area contributed by atoms with Crippen LogP contribution in [0.4, 0.5) is 0 Å². The van der Waals surface area contributed by atoms with Crippen molar-refractivity contribution >= 4 is 28.1 Å². The lowest BCUT2D eigenvalue weighted by atomic mass is 10.0. The molecule has 0 bridgehead atoms. The molecule has 0 radical (unpaired) electrons. The Balaban J connectivity index is 2.27. The molecule has 0 saturated heterocycles. The van der Waals surface area contributed by atoms with Crippen molar-refractivity contribution in [2.75, 3.05) is 0 Å². The molecule has 0 aliphatic rings. The summed E-state index contributed by atoms with van der Waals surface area (Å²) in [6.45, 7) is 5.30. The van der Waals surface area contributed by atoms with Crippen molar-refractivity contribution in [1.82, 2.24) is 4.40 Å². The Morgan fingerprint density at radius 3 is 2.45 bits per heavy atom. The van der Waals surface area contributed by atoms with Gasteiger partial charge in [-0.3, -0.25) is 4.79 Å².